The van der Waals surface area contributed by atoms with Crippen molar-refractivity contribution in [3.63, 3.8) is 0 Å². The molecule has 2 atom stereocenters. The highest BCUT2D eigenvalue weighted by molar-refractivity contribution is 5.29. The van der Waals surface area contributed by atoms with Gasteiger partial charge in [-0.1, -0.05) is 26.0 Å². The topological polar surface area (TPSA) is 20.2 Å². The second-order valence-corrected chi connectivity index (χ2v) is 6.21. The molecule has 4 heteroatoms. The number of alkyl halides is 3. The highest BCUT2D eigenvalue weighted by Gasteiger charge is 2.37. The zero-order chi connectivity index (χ0) is 15.0. The van der Waals surface area contributed by atoms with Gasteiger partial charge in [-0.15, -0.1) is 0 Å². The van der Waals surface area contributed by atoms with Crippen LogP contribution >= 0.6 is 0 Å². The molecule has 112 valence electrons. The van der Waals surface area contributed by atoms with Crippen LogP contribution < -0.4 is 0 Å². The molecule has 0 spiro atoms. The Morgan fingerprint density at radius 3 is 2.30 bits per heavy atom. The second-order valence-electron chi connectivity index (χ2n) is 6.21. The van der Waals surface area contributed by atoms with Crippen molar-refractivity contribution >= 4 is 0 Å². The first-order valence-electron chi connectivity index (χ1n) is 7.12. The molecule has 1 aliphatic rings. The van der Waals surface area contributed by atoms with Gasteiger partial charge in [-0.3, -0.25) is 0 Å². The Morgan fingerprint density at radius 1 is 1.20 bits per heavy atom. The Kier molecular flexibility index (Phi) is 4.14. The molecular formula is C16H21F3O. The van der Waals surface area contributed by atoms with E-state index in [0.29, 0.717) is 30.2 Å². The van der Waals surface area contributed by atoms with Crippen molar-refractivity contribution < 1.29 is 18.3 Å². The Hall–Kier alpha value is -1.03. The van der Waals surface area contributed by atoms with E-state index < -0.39 is 17.3 Å². The van der Waals surface area contributed by atoms with Gasteiger partial charge in [-0.25, -0.2) is 0 Å². The summed E-state index contributed by atoms with van der Waals surface area (Å²) in [5.41, 5.74) is -1.03. The lowest BCUT2D eigenvalue weighted by molar-refractivity contribution is -0.137. The Morgan fingerprint density at radius 2 is 1.80 bits per heavy atom. The number of halogens is 3. The van der Waals surface area contributed by atoms with Gasteiger partial charge in [0.15, 0.2) is 0 Å². The molecule has 0 heterocycles. The predicted molar refractivity (Wildman–Crippen MR) is 72.1 cm³/mol. The lowest BCUT2D eigenvalue weighted by atomic mass is 9.71. The summed E-state index contributed by atoms with van der Waals surface area (Å²) in [6.45, 7) is 4.26. The first-order chi connectivity index (χ1) is 9.22. The van der Waals surface area contributed by atoms with Gasteiger partial charge >= 0.3 is 6.18 Å². The molecule has 0 amide bonds. The van der Waals surface area contributed by atoms with Gasteiger partial charge in [0.05, 0.1) is 11.2 Å². The smallest absolute Gasteiger partial charge is 0.385 e. The maximum atomic E-state index is 12.6. The maximum Gasteiger partial charge on any atom is 0.416 e. The third kappa shape index (κ3) is 3.17. The van der Waals surface area contributed by atoms with Gasteiger partial charge < -0.3 is 5.11 Å². The van der Waals surface area contributed by atoms with Crippen LogP contribution in [0.25, 0.3) is 0 Å². The molecule has 1 aliphatic carbocycles. The van der Waals surface area contributed by atoms with Gasteiger partial charge in [0, 0.05) is 0 Å². The minimum Gasteiger partial charge on any atom is -0.385 e. The molecule has 0 radical (unpaired) electrons. The van der Waals surface area contributed by atoms with Crippen molar-refractivity contribution in [2.24, 2.45) is 11.8 Å². The lowest BCUT2D eigenvalue weighted by Crippen LogP contribution is -2.34. The van der Waals surface area contributed by atoms with Crippen LogP contribution in [0.1, 0.15) is 50.7 Å². The van der Waals surface area contributed by atoms with E-state index in [1.807, 2.05) is 0 Å². The maximum absolute atomic E-state index is 12.6. The molecule has 1 aromatic rings. The first-order valence-corrected chi connectivity index (χ1v) is 7.12. The molecule has 1 N–H and O–H groups in total. The molecule has 2 rings (SSSR count). The number of hydrogen-bond donors (Lipinski definition) is 1. The molecule has 1 nitrogen and oxygen atoms in total. The van der Waals surface area contributed by atoms with Crippen molar-refractivity contribution in [1.82, 2.24) is 0 Å². The third-order valence-electron chi connectivity index (χ3n) is 4.46. The Labute approximate surface area is 117 Å². The Balaban J connectivity index is 2.21. The largest absolute Gasteiger partial charge is 0.416 e. The lowest BCUT2D eigenvalue weighted by Gasteiger charge is -2.39. The van der Waals surface area contributed by atoms with Crippen molar-refractivity contribution in [3.05, 3.63) is 35.4 Å². The summed E-state index contributed by atoms with van der Waals surface area (Å²) in [6.07, 6.45) is -1.06. The highest BCUT2D eigenvalue weighted by atomic mass is 19.4. The van der Waals surface area contributed by atoms with E-state index in [4.69, 9.17) is 0 Å². The van der Waals surface area contributed by atoms with Crippen LogP contribution in [0.15, 0.2) is 24.3 Å². The molecule has 1 saturated carbocycles. The number of aliphatic hydroxyl groups is 1. The average Bonchev–Trinajstić information content (AvgIpc) is 2.38. The number of hydrogen-bond acceptors (Lipinski definition) is 1. The Bertz CT molecular complexity index is 450. The van der Waals surface area contributed by atoms with Gasteiger partial charge in [-0.05, 0) is 55.2 Å². The predicted octanol–water partition coefficient (Wildman–Crippen LogP) is 4.74. The zero-order valence-electron chi connectivity index (χ0n) is 11.9. The molecule has 0 saturated heterocycles. The SMILES string of the molecule is CC(C)C1CCCC(O)(c2ccc(C(F)(F)F)cc2)C1. The van der Waals surface area contributed by atoms with Crippen molar-refractivity contribution in [2.45, 2.75) is 51.3 Å². The molecule has 1 fully saturated rings. The summed E-state index contributed by atoms with van der Waals surface area (Å²) in [5.74, 6) is 0.910. The normalized spacial score (nSPS) is 27.9. The minimum absolute atomic E-state index is 0.427. The van der Waals surface area contributed by atoms with Crippen LogP contribution in [0.3, 0.4) is 0 Å². The number of rotatable bonds is 2. The molecule has 1 aromatic carbocycles. The van der Waals surface area contributed by atoms with E-state index in [0.717, 1.165) is 25.0 Å². The van der Waals surface area contributed by atoms with Crippen LogP contribution in [0.2, 0.25) is 0 Å². The first kappa shape index (κ1) is 15.4. The van der Waals surface area contributed by atoms with Gasteiger partial charge in [0.2, 0.25) is 0 Å². The summed E-state index contributed by atoms with van der Waals surface area (Å²) in [6, 6.07) is 4.97. The summed E-state index contributed by atoms with van der Waals surface area (Å²) in [7, 11) is 0. The van der Waals surface area contributed by atoms with Crippen LogP contribution in [-0.2, 0) is 11.8 Å². The fourth-order valence-electron chi connectivity index (χ4n) is 3.10. The van der Waals surface area contributed by atoms with Gasteiger partial charge in [0.1, 0.15) is 0 Å². The minimum atomic E-state index is -4.33. The molecule has 0 aromatic heterocycles. The van der Waals surface area contributed by atoms with Crippen LogP contribution in [0.4, 0.5) is 13.2 Å². The summed E-state index contributed by atoms with van der Waals surface area (Å²) >= 11 is 0. The van der Waals surface area contributed by atoms with Crippen molar-refractivity contribution in [3.8, 4) is 0 Å². The second kappa shape index (κ2) is 5.40. The van der Waals surface area contributed by atoms with E-state index in [9.17, 15) is 18.3 Å². The molecular weight excluding hydrogens is 265 g/mol. The number of benzene rings is 1. The van der Waals surface area contributed by atoms with Crippen molar-refractivity contribution in [1.29, 1.82) is 0 Å². The van der Waals surface area contributed by atoms with E-state index in [1.165, 1.54) is 12.1 Å². The summed E-state index contributed by atoms with van der Waals surface area (Å²) in [4.78, 5) is 0. The van der Waals surface area contributed by atoms with Gasteiger partial charge in [0.25, 0.3) is 0 Å². The van der Waals surface area contributed by atoms with E-state index in [1.54, 1.807) is 0 Å². The molecule has 0 bridgehead atoms. The third-order valence-corrected chi connectivity index (χ3v) is 4.46. The quantitative estimate of drug-likeness (QED) is 0.832. The molecule has 20 heavy (non-hydrogen) atoms. The molecule has 2 unspecified atom stereocenters. The molecule has 0 aliphatic heterocycles. The summed E-state index contributed by atoms with van der Waals surface area (Å²) < 4.78 is 37.7. The van der Waals surface area contributed by atoms with E-state index in [-0.39, 0.29) is 0 Å². The van der Waals surface area contributed by atoms with E-state index in [2.05, 4.69) is 13.8 Å². The zero-order valence-corrected chi connectivity index (χ0v) is 11.9. The van der Waals surface area contributed by atoms with Gasteiger partial charge in [-0.2, -0.15) is 13.2 Å². The fraction of sp³-hybridized carbons (Fsp3) is 0.625. The van der Waals surface area contributed by atoms with Crippen molar-refractivity contribution in [2.75, 3.05) is 0 Å². The standard InChI is InChI=1S/C16H21F3O/c1-11(2)12-4-3-9-15(20,10-12)13-5-7-14(8-6-13)16(17,18)19/h5-8,11-12,20H,3-4,9-10H2,1-2H3. The van der Waals surface area contributed by atoms with Crippen LogP contribution in [0.5, 0.6) is 0 Å². The highest BCUT2D eigenvalue weighted by Crippen LogP contribution is 2.43. The summed E-state index contributed by atoms with van der Waals surface area (Å²) in [5, 5.41) is 10.8. The fourth-order valence-corrected chi connectivity index (χ4v) is 3.10. The van der Waals surface area contributed by atoms with E-state index >= 15 is 0 Å². The monoisotopic (exact) mass is 286 g/mol. The average molecular weight is 286 g/mol. The van der Waals surface area contributed by atoms with Crippen LogP contribution in [0, 0.1) is 11.8 Å². The van der Waals surface area contributed by atoms with Crippen LogP contribution in [-0.4, -0.2) is 5.11 Å².